The van der Waals surface area contributed by atoms with Gasteiger partial charge in [0.15, 0.2) is 0 Å². The maximum absolute atomic E-state index is 9.16. The zero-order valence-corrected chi connectivity index (χ0v) is 18.5. The molecule has 150 valence electrons. The SMILES string of the molecule is CCCCCc1cccc2c1=C1C(=N)C(N(C)C)=C(N(C)C)C(N(C)C)=C1C=2. The van der Waals surface area contributed by atoms with E-state index in [-0.39, 0.29) is 0 Å². The topological polar surface area (TPSA) is 33.6 Å². The van der Waals surface area contributed by atoms with E-state index in [1.54, 1.807) is 0 Å². The lowest BCUT2D eigenvalue weighted by Crippen LogP contribution is -2.37. The summed E-state index contributed by atoms with van der Waals surface area (Å²) in [6, 6.07) is 6.62. The second kappa shape index (κ2) is 7.86. The molecule has 1 aromatic carbocycles. The molecule has 2 aliphatic rings. The van der Waals surface area contributed by atoms with Crippen molar-refractivity contribution in [3.63, 3.8) is 0 Å². The molecule has 0 bridgehead atoms. The highest BCUT2D eigenvalue weighted by Crippen LogP contribution is 2.37. The molecule has 3 rings (SSSR count). The third-order valence-corrected chi connectivity index (χ3v) is 5.58. The van der Waals surface area contributed by atoms with Gasteiger partial charge in [0.25, 0.3) is 0 Å². The van der Waals surface area contributed by atoms with Gasteiger partial charge in [0.1, 0.15) is 0 Å². The molecule has 0 saturated carbocycles. The van der Waals surface area contributed by atoms with Gasteiger partial charge in [0, 0.05) is 53.4 Å². The van der Waals surface area contributed by atoms with Crippen LogP contribution in [0.2, 0.25) is 0 Å². The molecule has 0 fully saturated rings. The lowest BCUT2D eigenvalue weighted by Gasteiger charge is -2.36. The van der Waals surface area contributed by atoms with Crippen LogP contribution in [0.4, 0.5) is 0 Å². The number of hydrogen-bond acceptors (Lipinski definition) is 4. The van der Waals surface area contributed by atoms with E-state index in [9.17, 15) is 0 Å². The zero-order valence-electron chi connectivity index (χ0n) is 18.5. The molecule has 1 aromatic rings. The molecule has 1 N–H and O–H groups in total. The summed E-state index contributed by atoms with van der Waals surface area (Å²) in [5, 5.41) is 11.7. The molecular weight excluding hydrogens is 344 g/mol. The van der Waals surface area contributed by atoms with Crippen LogP contribution in [-0.4, -0.2) is 62.7 Å². The molecule has 0 heterocycles. The van der Waals surface area contributed by atoms with Crippen LogP contribution in [0.3, 0.4) is 0 Å². The summed E-state index contributed by atoms with van der Waals surface area (Å²) in [5.41, 5.74) is 7.57. The Morgan fingerprint density at radius 2 is 1.46 bits per heavy atom. The summed E-state index contributed by atoms with van der Waals surface area (Å²) < 4.78 is 0. The molecule has 0 aromatic heterocycles. The third kappa shape index (κ3) is 3.25. The molecule has 0 atom stereocenters. The van der Waals surface area contributed by atoms with Gasteiger partial charge in [-0.3, -0.25) is 5.41 Å². The number of benzene rings is 1. The highest BCUT2D eigenvalue weighted by atomic mass is 15.2. The highest BCUT2D eigenvalue weighted by molar-refractivity contribution is 6.34. The van der Waals surface area contributed by atoms with Gasteiger partial charge in [-0.05, 0) is 34.9 Å². The minimum Gasteiger partial charge on any atom is -0.375 e. The van der Waals surface area contributed by atoms with Gasteiger partial charge in [0.2, 0.25) is 0 Å². The Kier molecular flexibility index (Phi) is 5.69. The van der Waals surface area contributed by atoms with Crippen LogP contribution in [0.1, 0.15) is 31.7 Å². The first-order valence-corrected chi connectivity index (χ1v) is 10.2. The fraction of sp³-hybridized carbons (Fsp3) is 0.458. The third-order valence-electron chi connectivity index (χ3n) is 5.58. The number of unbranched alkanes of at least 4 members (excludes halogenated alkanes) is 2. The zero-order chi connectivity index (χ0) is 20.6. The van der Waals surface area contributed by atoms with E-state index >= 15 is 0 Å². The average molecular weight is 379 g/mol. The van der Waals surface area contributed by atoms with E-state index in [0.29, 0.717) is 5.71 Å². The molecule has 4 nitrogen and oxygen atoms in total. The highest BCUT2D eigenvalue weighted by Gasteiger charge is 2.34. The lowest BCUT2D eigenvalue weighted by molar-refractivity contribution is 0.414. The quantitative estimate of drug-likeness (QED) is 0.741. The summed E-state index contributed by atoms with van der Waals surface area (Å²) in [6.07, 6.45) is 7.04. The predicted molar refractivity (Wildman–Crippen MR) is 120 cm³/mol. The fourth-order valence-electron chi connectivity index (χ4n) is 4.42. The van der Waals surface area contributed by atoms with Crippen molar-refractivity contribution in [2.45, 2.75) is 32.6 Å². The van der Waals surface area contributed by atoms with Crippen LogP contribution in [0, 0.1) is 5.41 Å². The summed E-state index contributed by atoms with van der Waals surface area (Å²) in [7, 11) is 12.4. The Morgan fingerprint density at radius 3 is 2.04 bits per heavy atom. The summed E-state index contributed by atoms with van der Waals surface area (Å²) in [4.78, 5) is 6.42. The number of likely N-dealkylation sites (N-methyl/N-ethyl adjacent to an activating group) is 2. The van der Waals surface area contributed by atoms with Crippen LogP contribution in [-0.2, 0) is 6.42 Å². The van der Waals surface area contributed by atoms with Gasteiger partial charge in [-0.25, -0.2) is 0 Å². The first-order valence-electron chi connectivity index (χ1n) is 10.2. The average Bonchev–Trinajstić information content (AvgIpc) is 3.01. The van der Waals surface area contributed by atoms with Crippen molar-refractivity contribution in [1.29, 1.82) is 5.41 Å². The Bertz CT molecular complexity index is 974. The fourth-order valence-corrected chi connectivity index (χ4v) is 4.42. The maximum atomic E-state index is 9.16. The summed E-state index contributed by atoms with van der Waals surface area (Å²) in [5.74, 6) is 0. The van der Waals surface area contributed by atoms with Crippen molar-refractivity contribution in [3.05, 3.63) is 56.9 Å². The number of allylic oxidation sites excluding steroid dienone is 2. The van der Waals surface area contributed by atoms with Crippen LogP contribution in [0.15, 0.2) is 40.9 Å². The number of fused-ring (bicyclic) bond motifs is 2. The minimum atomic E-state index is 0.632. The van der Waals surface area contributed by atoms with Gasteiger partial charge >= 0.3 is 0 Å². The Balaban J connectivity index is 2.35. The molecule has 28 heavy (non-hydrogen) atoms. The molecule has 0 amide bonds. The molecule has 0 saturated heterocycles. The monoisotopic (exact) mass is 378 g/mol. The van der Waals surface area contributed by atoms with Crippen molar-refractivity contribution in [1.82, 2.24) is 14.7 Å². The van der Waals surface area contributed by atoms with E-state index in [0.717, 1.165) is 23.4 Å². The minimum absolute atomic E-state index is 0.632. The van der Waals surface area contributed by atoms with E-state index < -0.39 is 0 Å². The van der Waals surface area contributed by atoms with Crippen molar-refractivity contribution in [3.8, 4) is 0 Å². The first kappa shape index (κ1) is 20.2. The molecular formula is C24H34N4. The molecule has 0 spiro atoms. The number of rotatable bonds is 7. The van der Waals surface area contributed by atoms with Crippen LogP contribution < -0.4 is 10.4 Å². The van der Waals surface area contributed by atoms with Crippen molar-refractivity contribution in [2.24, 2.45) is 0 Å². The van der Waals surface area contributed by atoms with Gasteiger partial charge in [-0.2, -0.15) is 0 Å². The van der Waals surface area contributed by atoms with Gasteiger partial charge in [0.05, 0.1) is 22.8 Å². The Hall–Kier alpha value is -2.49. The Morgan fingerprint density at radius 1 is 0.821 bits per heavy atom. The summed E-state index contributed by atoms with van der Waals surface area (Å²) in [6.45, 7) is 2.25. The summed E-state index contributed by atoms with van der Waals surface area (Å²) >= 11 is 0. The molecule has 0 unspecified atom stereocenters. The second-order valence-corrected chi connectivity index (χ2v) is 8.38. The second-order valence-electron chi connectivity index (χ2n) is 8.38. The smallest absolute Gasteiger partial charge is 0.0880 e. The number of nitrogens with zero attached hydrogens (tertiary/aromatic N) is 3. The molecule has 2 aliphatic carbocycles. The predicted octanol–water partition coefficient (Wildman–Crippen LogP) is 2.55. The van der Waals surface area contributed by atoms with Crippen molar-refractivity contribution >= 4 is 17.4 Å². The van der Waals surface area contributed by atoms with E-state index in [1.165, 1.54) is 46.5 Å². The normalized spacial score (nSPS) is 15.5. The maximum Gasteiger partial charge on any atom is 0.0880 e. The van der Waals surface area contributed by atoms with Crippen molar-refractivity contribution < 1.29 is 0 Å². The van der Waals surface area contributed by atoms with Crippen LogP contribution >= 0.6 is 0 Å². The lowest BCUT2D eigenvalue weighted by atomic mass is 9.88. The first-order chi connectivity index (χ1) is 13.3. The Labute approximate surface area is 169 Å². The van der Waals surface area contributed by atoms with E-state index in [1.807, 2.05) is 14.1 Å². The van der Waals surface area contributed by atoms with Gasteiger partial charge in [-0.15, -0.1) is 0 Å². The van der Waals surface area contributed by atoms with Crippen LogP contribution in [0.25, 0.3) is 11.6 Å². The molecule has 0 aliphatic heterocycles. The van der Waals surface area contributed by atoms with Crippen LogP contribution in [0.5, 0.6) is 0 Å². The van der Waals surface area contributed by atoms with Crippen molar-refractivity contribution in [2.75, 3.05) is 42.3 Å². The van der Waals surface area contributed by atoms with E-state index in [2.05, 4.69) is 74.1 Å². The largest absolute Gasteiger partial charge is 0.375 e. The standard InChI is InChI=1S/C24H34N4/c1-8-9-10-12-16-13-11-14-17-15-18-20(19(16)17)21(25)23(27(4)5)24(28(6)7)22(18)26(2)3/h11,13-15,25H,8-10,12H2,1-7H3. The number of aryl methyl sites for hydroxylation is 1. The van der Waals surface area contributed by atoms with Gasteiger partial charge in [-0.1, -0.05) is 38.0 Å². The molecule has 4 heteroatoms. The number of nitrogens with one attached hydrogen (secondary N) is 1. The number of hydrogen-bond donors (Lipinski definition) is 1. The van der Waals surface area contributed by atoms with E-state index in [4.69, 9.17) is 5.41 Å². The van der Waals surface area contributed by atoms with Gasteiger partial charge < -0.3 is 14.7 Å². The molecule has 0 radical (unpaired) electrons.